The van der Waals surface area contributed by atoms with Crippen LogP contribution in [-0.2, 0) is 6.42 Å². The lowest BCUT2D eigenvalue weighted by molar-refractivity contribution is 0.0949. The summed E-state index contributed by atoms with van der Waals surface area (Å²) in [6.07, 6.45) is 0.501. The van der Waals surface area contributed by atoms with Gasteiger partial charge in [0.15, 0.2) is 5.82 Å². The fraction of sp³-hybridized carbons (Fsp3) is 0.267. The van der Waals surface area contributed by atoms with E-state index in [1.165, 1.54) is 0 Å². The number of carbonyl (C=O) groups is 1. The highest BCUT2D eigenvalue weighted by Gasteiger charge is 2.10. The molecule has 0 aliphatic rings. The molecule has 7 heteroatoms. The molecule has 1 aromatic carbocycles. The van der Waals surface area contributed by atoms with E-state index in [0.29, 0.717) is 30.4 Å². The number of aromatic nitrogens is 3. The number of benzene rings is 1. The number of hydrogen-bond donors (Lipinski definition) is 2. The number of nitrogens with one attached hydrogen (secondary N) is 2. The van der Waals surface area contributed by atoms with E-state index in [4.69, 9.17) is 9.26 Å². The number of amides is 1. The van der Waals surface area contributed by atoms with Crippen molar-refractivity contribution < 1.29 is 14.1 Å². The van der Waals surface area contributed by atoms with E-state index < -0.39 is 0 Å². The molecule has 2 N–H and O–H groups in total. The molecular weight excluding hydrogens is 284 g/mol. The van der Waals surface area contributed by atoms with Gasteiger partial charge in [0.05, 0.1) is 7.11 Å². The molecule has 3 aromatic rings. The van der Waals surface area contributed by atoms with Gasteiger partial charge in [0, 0.05) is 29.9 Å². The smallest absolute Gasteiger partial charge is 0.267 e. The van der Waals surface area contributed by atoms with Gasteiger partial charge in [0.1, 0.15) is 11.4 Å². The molecule has 22 heavy (non-hydrogen) atoms. The molecule has 2 aromatic heterocycles. The molecule has 0 bridgehead atoms. The van der Waals surface area contributed by atoms with Crippen molar-refractivity contribution in [2.45, 2.75) is 13.3 Å². The third kappa shape index (κ3) is 2.93. The van der Waals surface area contributed by atoms with Crippen LogP contribution in [0.15, 0.2) is 28.8 Å². The molecule has 0 atom stereocenters. The zero-order valence-electron chi connectivity index (χ0n) is 12.3. The van der Waals surface area contributed by atoms with Crippen LogP contribution in [0.3, 0.4) is 0 Å². The molecule has 7 nitrogen and oxygen atoms in total. The Kier molecular flexibility index (Phi) is 3.78. The van der Waals surface area contributed by atoms with Crippen molar-refractivity contribution >= 4 is 16.8 Å². The lowest BCUT2D eigenvalue weighted by atomic mass is 10.2. The second kappa shape index (κ2) is 5.88. The lowest BCUT2D eigenvalue weighted by Crippen LogP contribution is -2.26. The fourth-order valence-corrected chi connectivity index (χ4v) is 2.18. The Hall–Kier alpha value is -2.83. The van der Waals surface area contributed by atoms with E-state index in [1.54, 1.807) is 20.1 Å². The number of methoxy groups -OCH3 is 1. The van der Waals surface area contributed by atoms with Crippen molar-refractivity contribution in [2.75, 3.05) is 13.7 Å². The molecule has 0 fully saturated rings. The summed E-state index contributed by atoms with van der Waals surface area (Å²) in [4.78, 5) is 19.3. The zero-order valence-corrected chi connectivity index (χ0v) is 12.3. The summed E-state index contributed by atoms with van der Waals surface area (Å²) >= 11 is 0. The highest BCUT2D eigenvalue weighted by atomic mass is 16.5. The van der Waals surface area contributed by atoms with E-state index in [9.17, 15) is 4.79 Å². The molecule has 1 amide bonds. The van der Waals surface area contributed by atoms with E-state index in [-0.39, 0.29) is 5.91 Å². The maximum absolute atomic E-state index is 12.1. The molecule has 0 saturated heterocycles. The van der Waals surface area contributed by atoms with Crippen LogP contribution in [0.1, 0.15) is 22.2 Å². The van der Waals surface area contributed by atoms with Crippen LogP contribution >= 0.6 is 0 Å². The first-order chi connectivity index (χ1) is 10.7. The lowest BCUT2D eigenvalue weighted by Gasteiger charge is -2.00. The third-order valence-electron chi connectivity index (χ3n) is 3.27. The highest BCUT2D eigenvalue weighted by molar-refractivity contribution is 5.98. The molecule has 3 rings (SSSR count). The maximum Gasteiger partial charge on any atom is 0.267 e. The van der Waals surface area contributed by atoms with Crippen LogP contribution < -0.4 is 10.1 Å². The Bertz CT molecular complexity index is 806. The van der Waals surface area contributed by atoms with Gasteiger partial charge in [-0.2, -0.15) is 4.98 Å². The number of hydrogen-bond acceptors (Lipinski definition) is 5. The van der Waals surface area contributed by atoms with Crippen LogP contribution in [0.4, 0.5) is 0 Å². The largest absolute Gasteiger partial charge is 0.497 e. The minimum atomic E-state index is -0.175. The van der Waals surface area contributed by atoms with Gasteiger partial charge in [-0.1, -0.05) is 5.16 Å². The van der Waals surface area contributed by atoms with Crippen molar-refractivity contribution in [1.29, 1.82) is 0 Å². The Morgan fingerprint density at radius 1 is 1.41 bits per heavy atom. The van der Waals surface area contributed by atoms with Crippen molar-refractivity contribution in [3.8, 4) is 5.75 Å². The van der Waals surface area contributed by atoms with E-state index in [2.05, 4.69) is 20.4 Å². The molecule has 0 spiro atoms. The average molecular weight is 300 g/mol. The number of rotatable bonds is 5. The van der Waals surface area contributed by atoms with Gasteiger partial charge < -0.3 is 19.6 Å². The molecule has 0 unspecified atom stereocenters. The maximum atomic E-state index is 12.1. The predicted molar refractivity (Wildman–Crippen MR) is 79.9 cm³/mol. The molecule has 2 heterocycles. The van der Waals surface area contributed by atoms with Crippen LogP contribution in [-0.4, -0.2) is 34.7 Å². The van der Waals surface area contributed by atoms with Crippen LogP contribution in [0, 0.1) is 6.92 Å². The van der Waals surface area contributed by atoms with E-state index >= 15 is 0 Å². The van der Waals surface area contributed by atoms with Crippen molar-refractivity contribution in [2.24, 2.45) is 0 Å². The topological polar surface area (TPSA) is 93.0 Å². The SMILES string of the molecule is COc1ccc2cc(C(=O)NCCc3nc(C)no3)[nH]c2c1. The van der Waals surface area contributed by atoms with Gasteiger partial charge >= 0.3 is 0 Å². The molecule has 0 radical (unpaired) electrons. The first kappa shape index (κ1) is 14.1. The zero-order chi connectivity index (χ0) is 15.5. The normalized spacial score (nSPS) is 10.8. The highest BCUT2D eigenvalue weighted by Crippen LogP contribution is 2.21. The number of H-pyrrole nitrogens is 1. The second-order valence-corrected chi connectivity index (χ2v) is 4.88. The van der Waals surface area contributed by atoms with Gasteiger partial charge in [0.2, 0.25) is 5.89 Å². The minimum absolute atomic E-state index is 0.175. The van der Waals surface area contributed by atoms with Crippen LogP contribution in [0.5, 0.6) is 5.75 Å². The molecule has 114 valence electrons. The van der Waals surface area contributed by atoms with Gasteiger partial charge in [-0.25, -0.2) is 0 Å². The summed E-state index contributed by atoms with van der Waals surface area (Å²) in [6, 6.07) is 7.42. The Morgan fingerprint density at radius 2 is 2.27 bits per heavy atom. The first-order valence-electron chi connectivity index (χ1n) is 6.90. The fourth-order valence-electron chi connectivity index (χ4n) is 2.18. The number of aromatic amines is 1. The summed E-state index contributed by atoms with van der Waals surface area (Å²) in [5.74, 6) is 1.67. The first-order valence-corrected chi connectivity index (χ1v) is 6.90. The number of nitrogens with zero attached hydrogens (tertiary/aromatic N) is 2. The summed E-state index contributed by atoms with van der Waals surface area (Å²) in [5.41, 5.74) is 1.36. The minimum Gasteiger partial charge on any atom is -0.497 e. The van der Waals surface area contributed by atoms with Crippen molar-refractivity contribution in [3.63, 3.8) is 0 Å². The Balaban J connectivity index is 1.64. The van der Waals surface area contributed by atoms with E-state index in [0.717, 1.165) is 16.7 Å². The van der Waals surface area contributed by atoms with Crippen LogP contribution in [0.25, 0.3) is 10.9 Å². The molecule has 0 aliphatic heterocycles. The number of aryl methyl sites for hydroxylation is 1. The number of fused-ring (bicyclic) bond motifs is 1. The average Bonchev–Trinajstić information content (AvgIpc) is 3.12. The Labute approximate surface area is 126 Å². The second-order valence-electron chi connectivity index (χ2n) is 4.88. The van der Waals surface area contributed by atoms with Gasteiger partial charge in [-0.05, 0) is 25.1 Å². The standard InChI is InChI=1S/C15H16N4O3/c1-9-17-14(22-19-9)5-6-16-15(20)13-7-10-3-4-11(21-2)8-12(10)18-13/h3-4,7-8,18H,5-6H2,1-2H3,(H,16,20). The monoisotopic (exact) mass is 300 g/mol. The predicted octanol–water partition coefficient (Wildman–Crippen LogP) is 1.84. The molecule has 0 saturated carbocycles. The van der Waals surface area contributed by atoms with Gasteiger partial charge in [-0.15, -0.1) is 0 Å². The van der Waals surface area contributed by atoms with Gasteiger partial charge in [0.25, 0.3) is 5.91 Å². The van der Waals surface area contributed by atoms with Crippen molar-refractivity contribution in [1.82, 2.24) is 20.4 Å². The Morgan fingerprint density at radius 3 is 3.00 bits per heavy atom. The van der Waals surface area contributed by atoms with E-state index in [1.807, 2.05) is 18.2 Å². The van der Waals surface area contributed by atoms with Gasteiger partial charge in [-0.3, -0.25) is 4.79 Å². The summed E-state index contributed by atoms with van der Waals surface area (Å²) in [5, 5.41) is 7.47. The molecule has 0 aliphatic carbocycles. The quantitative estimate of drug-likeness (QED) is 0.750. The number of carbonyl (C=O) groups excluding carboxylic acids is 1. The molecular formula is C15H16N4O3. The third-order valence-corrected chi connectivity index (χ3v) is 3.27. The summed E-state index contributed by atoms with van der Waals surface area (Å²) in [7, 11) is 1.61. The van der Waals surface area contributed by atoms with Crippen LogP contribution in [0.2, 0.25) is 0 Å². The summed E-state index contributed by atoms with van der Waals surface area (Å²) in [6.45, 7) is 2.18. The summed E-state index contributed by atoms with van der Waals surface area (Å²) < 4.78 is 10.2. The van der Waals surface area contributed by atoms with Crippen molar-refractivity contribution in [3.05, 3.63) is 41.7 Å². The number of ether oxygens (including phenoxy) is 1.